The van der Waals surface area contributed by atoms with Gasteiger partial charge in [0, 0.05) is 16.7 Å². The summed E-state index contributed by atoms with van der Waals surface area (Å²) >= 11 is 0. The summed E-state index contributed by atoms with van der Waals surface area (Å²) in [5.41, 5.74) is -0.398. The molecule has 0 spiro atoms. The molecule has 0 atom stereocenters. The fourth-order valence-corrected chi connectivity index (χ4v) is 3.32. The summed E-state index contributed by atoms with van der Waals surface area (Å²) < 4.78 is 0. The number of benzene rings is 2. The summed E-state index contributed by atoms with van der Waals surface area (Å²) in [4.78, 5) is 37.5. The van der Waals surface area contributed by atoms with E-state index in [0.717, 1.165) is 6.07 Å². The van der Waals surface area contributed by atoms with Crippen LogP contribution in [0, 0.1) is 5.92 Å². The molecule has 1 aliphatic carbocycles. The van der Waals surface area contributed by atoms with Gasteiger partial charge in [-0.3, -0.25) is 9.59 Å². The Hall–Kier alpha value is -3.15. The minimum Gasteiger partial charge on any atom is -0.507 e. The Bertz CT molecular complexity index is 955. The van der Waals surface area contributed by atoms with Crippen molar-refractivity contribution >= 4 is 17.5 Å². The molecule has 6 nitrogen and oxygen atoms in total. The molecule has 134 valence electrons. The maximum atomic E-state index is 13.0. The number of aromatic carboxylic acids is 1. The van der Waals surface area contributed by atoms with Crippen LogP contribution in [0.4, 0.5) is 0 Å². The van der Waals surface area contributed by atoms with Crippen LogP contribution in [0.3, 0.4) is 0 Å². The van der Waals surface area contributed by atoms with Gasteiger partial charge in [0.25, 0.3) is 0 Å². The van der Waals surface area contributed by atoms with E-state index in [1.54, 1.807) is 0 Å². The number of carboxylic acids is 1. The maximum absolute atomic E-state index is 13.0. The van der Waals surface area contributed by atoms with E-state index in [4.69, 9.17) is 0 Å². The molecule has 0 heterocycles. The van der Waals surface area contributed by atoms with E-state index in [-0.39, 0.29) is 51.5 Å². The fraction of sp³-hybridized carbons (Fsp3) is 0.250. The highest BCUT2D eigenvalue weighted by Gasteiger charge is 2.36. The summed E-state index contributed by atoms with van der Waals surface area (Å²) in [5.74, 6) is -3.14. The zero-order valence-electron chi connectivity index (χ0n) is 14.4. The van der Waals surface area contributed by atoms with E-state index in [0.29, 0.717) is 6.42 Å². The summed E-state index contributed by atoms with van der Waals surface area (Å²) in [6.07, 6.45) is 0.795. The monoisotopic (exact) mass is 354 g/mol. The lowest BCUT2D eigenvalue weighted by molar-refractivity contribution is 0.0691. The number of phenols is 2. The first-order valence-corrected chi connectivity index (χ1v) is 8.27. The highest BCUT2D eigenvalue weighted by atomic mass is 16.4. The average molecular weight is 354 g/mol. The van der Waals surface area contributed by atoms with Crippen LogP contribution in [0.2, 0.25) is 0 Å². The third-order valence-corrected chi connectivity index (χ3v) is 4.58. The van der Waals surface area contributed by atoms with E-state index in [1.165, 1.54) is 18.2 Å². The number of carbonyl (C=O) groups excluding carboxylic acids is 2. The molecule has 1 aliphatic rings. The van der Waals surface area contributed by atoms with Crippen LogP contribution >= 0.6 is 0 Å². The Balaban J connectivity index is 2.33. The van der Waals surface area contributed by atoms with Gasteiger partial charge >= 0.3 is 5.97 Å². The Morgan fingerprint density at radius 1 is 1.00 bits per heavy atom. The normalized spacial score (nSPS) is 12.9. The molecule has 0 amide bonds. The fourth-order valence-electron chi connectivity index (χ4n) is 3.32. The summed E-state index contributed by atoms with van der Waals surface area (Å²) in [7, 11) is 0. The van der Waals surface area contributed by atoms with Gasteiger partial charge in [-0.1, -0.05) is 26.0 Å². The van der Waals surface area contributed by atoms with Gasteiger partial charge in [-0.2, -0.15) is 0 Å². The molecule has 0 bridgehead atoms. The molecule has 2 aromatic rings. The third-order valence-electron chi connectivity index (χ3n) is 4.58. The number of aromatic hydroxyl groups is 2. The lowest BCUT2D eigenvalue weighted by atomic mass is 9.78. The predicted octanol–water partition coefficient (Wildman–Crippen LogP) is 3.16. The molecule has 2 aromatic carbocycles. The number of fused-ring (bicyclic) bond motifs is 2. The van der Waals surface area contributed by atoms with Gasteiger partial charge in [0.05, 0.1) is 5.56 Å². The van der Waals surface area contributed by atoms with Gasteiger partial charge in [0.2, 0.25) is 0 Å². The van der Waals surface area contributed by atoms with Crippen molar-refractivity contribution in [3.8, 4) is 11.5 Å². The summed E-state index contributed by atoms with van der Waals surface area (Å²) in [5, 5.41) is 29.8. The van der Waals surface area contributed by atoms with E-state index < -0.39 is 23.3 Å². The van der Waals surface area contributed by atoms with Crippen LogP contribution in [0.5, 0.6) is 11.5 Å². The Kier molecular flexibility index (Phi) is 4.28. The molecule has 0 aromatic heterocycles. The molecule has 0 unspecified atom stereocenters. The van der Waals surface area contributed by atoms with Crippen molar-refractivity contribution in [1.29, 1.82) is 0 Å². The standard InChI is InChI=1S/C20H18O6/c1-9(2)6-7-10-15-12(8-14(22)17(10)20(25)26)18(23)11-4-3-5-13(21)16(11)19(15)24/h3-5,8-9,21-22H,6-7H2,1-2H3,(H,25,26). The smallest absolute Gasteiger partial charge is 0.339 e. The number of hydrogen-bond donors (Lipinski definition) is 3. The van der Waals surface area contributed by atoms with Crippen molar-refractivity contribution < 1.29 is 29.7 Å². The Morgan fingerprint density at radius 2 is 1.69 bits per heavy atom. The molecule has 3 N–H and O–H groups in total. The molecular weight excluding hydrogens is 336 g/mol. The number of carbonyl (C=O) groups is 3. The highest BCUT2D eigenvalue weighted by Crippen LogP contribution is 2.38. The molecule has 0 radical (unpaired) electrons. The summed E-state index contributed by atoms with van der Waals surface area (Å²) in [6, 6.07) is 5.22. The largest absolute Gasteiger partial charge is 0.507 e. The number of hydrogen-bond acceptors (Lipinski definition) is 5. The van der Waals surface area contributed by atoms with E-state index >= 15 is 0 Å². The molecule has 26 heavy (non-hydrogen) atoms. The van der Waals surface area contributed by atoms with Crippen LogP contribution in [0.25, 0.3) is 0 Å². The van der Waals surface area contributed by atoms with E-state index in [1.807, 2.05) is 13.8 Å². The SMILES string of the molecule is CC(C)CCc1c(C(=O)O)c(O)cc2c1C(=O)c1c(O)cccc1C2=O. The maximum Gasteiger partial charge on any atom is 0.339 e. The van der Waals surface area contributed by atoms with Crippen molar-refractivity contribution in [1.82, 2.24) is 0 Å². The van der Waals surface area contributed by atoms with Crippen LogP contribution in [-0.2, 0) is 6.42 Å². The van der Waals surface area contributed by atoms with Crippen LogP contribution < -0.4 is 0 Å². The minimum atomic E-state index is -1.37. The second kappa shape index (κ2) is 6.29. The van der Waals surface area contributed by atoms with Crippen molar-refractivity contribution in [2.75, 3.05) is 0 Å². The van der Waals surface area contributed by atoms with Gasteiger partial charge in [-0.05, 0) is 36.5 Å². The second-order valence-electron chi connectivity index (χ2n) is 6.77. The van der Waals surface area contributed by atoms with Gasteiger partial charge in [0.15, 0.2) is 11.6 Å². The first-order chi connectivity index (χ1) is 12.2. The van der Waals surface area contributed by atoms with Gasteiger partial charge in [-0.15, -0.1) is 0 Å². The van der Waals surface area contributed by atoms with E-state index in [9.17, 15) is 29.7 Å². The molecular formula is C20H18O6. The molecule has 0 aliphatic heterocycles. The van der Waals surface area contributed by atoms with Crippen LogP contribution in [0.1, 0.15) is 68.0 Å². The number of carboxylic acid groups (broad SMARTS) is 1. The van der Waals surface area contributed by atoms with Crippen LogP contribution in [-0.4, -0.2) is 32.9 Å². The molecule has 0 saturated heterocycles. The second-order valence-corrected chi connectivity index (χ2v) is 6.77. The lowest BCUT2D eigenvalue weighted by Gasteiger charge is -2.23. The van der Waals surface area contributed by atoms with Crippen LogP contribution in [0.15, 0.2) is 24.3 Å². The molecule has 0 saturated carbocycles. The van der Waals surface area contributed by atoms with Crippen molar-refractivity contribution in [3.05, 3.63) is 57.6 Å². The third kappa shape index (κ3) is 2.63. The van der Waals surface area contributed by atoms with Crippen molar-refractivity contribution in [3.63, 3.8) is 0 Å². The zero-order valence-corrected chi connectivity index (χ0v) is 14.4. The minimum absolute atomic E-state index is 0.0330. The molecule has 3 rings (SSSR count). The highest BCUT2D eigenvalue weighted by molar-refractivity contribution is 6.30. The topological polar surface area (TPSA) is 112 Å². The Labute approximate surface area is 149 Å². The van der Waals surface area contributed by atoms with Gasteiger partial charge in [-0.25, -0.2) is 4.79 Å². The lowest BCUT2D eigenvalue weighted by Crippen LogP contribution is -2.24. The van der Waals surface area contributed by atoms with Gasteiger partial charge in [0.1, 0.15) is 17.1 Å². The predicted molar refractivity (Wildman–Crippen MR) is 93.2 cm³/mol. The Morgan fingerprint density at radius 3 is 2.31 bits per heavy atom. The number of rotatable bonds is 4. The van der Waals surface area contributed by atoms with Crippen molar-refractivity contribution in [2.45, 2.75) is 26.7 Å². The van der Waals surface area contributed by atoms with Gasteiger partial charge < -0.3 is 15.3 Å². The molecule has 6 heteroatoms. The molecule has 0 fully saturated rings. The van der Waals surface area contributed by atoms with E-state index in [2.05, 4.69) is 0 Å². The first kappa shape index (κ1) is 17.7. The average Bonchev–Trinajstić information content (AvgIpc) is 2.56. The number of ketones is 2. The summed E-state index contributed by atoms with van der Waals surface area (Å²) in [6.45, 7) is 3.90. The van der Waals surface area contributed by atoms with Crippen molar-refractivity contribution in [2.24, 2.45) is 5.92 Å². The number of phenolic OH excluding ortho intramolecular Hbond substituents is 1. The first-order valence-electron chi connectivity index (χ1n) is 8.27. The quantitative estimate of drug-likeness (QED) is 0.663. The zero-order chi connectivity index (χ0) is 19.2.